The number of hydrogen-bond acceptors (Lipinski definition) is 2. The van der Waals surface area contributed by atoms with Gasteiger partial charge in [0.15, 0.2) is 5.78 Å². The molecule has 136 valence electrons. The molecule has 0 amide bonds. The van der Waals surface area contributed by atoms with Crippen LogP contribution in [-0.2, 0) is 9.53 Å². The van der Waals surface area contributed by atoms with Crippen molar-refractivity contribution in [1.29, 1.82) is 0 Å². The molecule has 2 fully saturated rings. The fourth-order valence-electron chi connectivity index (χ4n) is 6.29. The lowest BCUT2D eigenvalue weighted by atomic mass is 9.52. The molecule has 0 radical (unpaired) electrons. The van der Waals surface area contributed by atoms with Gasteiger partial charge in [0.2, 0.25) is 0 Å². The van der Waals surface area contributed by atoms with Crippen molar-refractivity contribution in [3.05, 3.63) is 35.6 Å². The van der Waals surface area contributed by atoms with E-state index in [9.17, 15) is 4.79 Å². The van der Waals surface area contributed by atoms with E-state index < -0.39 is 0 Å². The summed E-state index contributed by atoms with van der Waals surface area (Å²) in [6, 6.07) is 0. The van der Waals surface area contributed by atoms with Gasteiger partial charge in [-0.3, -0.25) is 4.79 Å². The highest BCUT2D eigenvalue weighted by atomic mass is 16.5. The van der Waals surface area contributed by atoms with Gasteiger partial charge in [0.05, 0.1) is 5.76 Å². The first kappa shape index (κ1) is 17.1. The lowest BCUT2D eigenvalue weighted by Gasteiger charge is -2.53. The Morgan fingerprint density at radius 1 is 1.28 bits per heavy atom. The Morgan fingerprint density at radius 3 is 2.84 bits per heavy atom. The van der Waals surface area contributed by atoms with Gasteiger partial charge in [-0.1, -0.05) is 44.6 Å². The predicted molar refractivity (Wildman–Crippen MR) is 101 cm³/mol. The van der Waals surface area contributed by atoms with Crippen LogP contribution in [-0.4, -0.2) is 11.9 Å². The number of fused-ring (bicyclic) bond motifs is 5. The fraction of sp³-hybridized carbons (Fsp3) is 0.696. The molecule has 2 saturated carbocycles. The Kier molecular flexibility index (Phi) is 4.01. The maximum atomic E-state index is 11.9. The summed E-state index contributed by atoms with van der Waals surface area (Å²) in [5.74, 6) is 2.67. The molecule has 0 saturated heterocycles. The van der Waals surface area contributed by atoms with Crippen LogP contribution >= 0.6 is 0 Å². The first-order valence-corrected chi connectivity index (χ1v) is 10.2. The number of hydrogen-bond donors (Lipinski definition) is 0. The van der Waals surface area contributed by atoms with Crippen LogP contribution in [0.3, 0.4) is 0 Å². The van der Waals surface area contributed by atoms with Crippen molar-refractivity contribution in [2.45, 2.75) is 78.2 Å². The summed E-state index contributed by atoms with van der Waals surface area (Å²) < 4.78 is 6.28. The van der Waals surface area contributed by atoms with Crippen LogP contribution in [0.15, 0.2) is 35.6 Å². The second-order valence-corrected chi connectivity index (χ2v) is 9.17. The Hall–Kier alpha value is -1.31. The smallest absolute Gasteiger partial charge is 0.155 e. The van der Waals surface area contributed by atoms with Crippen molar-refractivity contribution in [3.63, 3.8) is 0 Å². The van der Waals surface area contributed by atoms with Gasteiger partial charge in [0.1, 0.15) is 6.10 Å². The Morgan fingerprint density at radius 2 is 2.08 bits per heavy atom. The van der Waals surface area contributed by atoms with E-state index >= 15 is 0 Å². The predicted octanol–water partition coefficient (Wildman–Crippen LogP) is 5.75. The monoisotopic (exact) mass is 340 g/mol. The van der Waals surface area contributed by atoms with Crippen molar-refractivity contribution < 1.29 is 9.53 Å². The molecule has 2 unspecified atom stereocenters. The zero-order chi connectivity index (χ0) is 17.8. The van der Waals surface area contributed by atoms with Gasteiger partial charge in [0, 0.05) is 23.7 Å². The average Bonchev–Trinajstić information content (AvgIpc) is 2.92. The summed E-state index contributed by atoms with van der Waals surface area (Å²) in [4.78, 5) is 11.9. The number of carbonyl (C=O) groups excluding carboxylic acids is 1. The highest BCUT2D eigenvalue weighted by molar-refractivity contribution is 5.92. The number of carbonyl (C=O) groups is 1. The Labute approximate surface area is 152 Å². The highest BCUT2D eigenvalue weighted by Gasteiger charge is 2.56. The number of ether oxygens (including phenoxy) is 1. The van der Waals surface area contributed by atoms with Gasteiger partial charge in [-0.2, -0.15) is 0 Å². The van der Waals surface area contributed by atoms with Gasteiger partial charge in [-0.05, 0) is 56.4 Å². The molecule has 0 N–H and O–H groups in total. The first-order chi connectivity index (χ1) is 11.9. The van der Waals surface area contributed by atoms with E-state index in [1.807, 2.05) is 6.08 Å². The Balaban J connectivity index is 1.66. The minimum absolute atomic E-state index is 0.143. The van der Waals surface area contributed by atoms with E-state index in [2.05, 4.69) is 33.4 Å². The van der Waals surface area contributed by atoms with E-state index in [1.165, 1.54) is 18.4 Å². The van der Waals surface area contributed by atoms with Crippen molar-refractivity contribution in [2.75, 3.05) is 0 Å². The summed E-state index contributed by atoms with van der Waals surface area (Å²) in [5.41, 5.74) is 3.44. The van der Waals surface area contributed by atoms with Crippen LogP contribution in [0.4, 0.5) is 0 Å². The molecular weight excluding hydrogens is 308 g/mol. The molecule has 0 aliphatic heterocycles. The van der Waals surface area contributed by atoms with Crippen LogP contribution in [0.5, 0.6) is 0 Å². The van der Waals surface area contributed by atoms with Crippen molar-refractivity contribution in [2.24, 2.45) is 22.7 Å². The van der Waals surface area contributed by atoms with E-state index in [1.54, 1.807) is 5.57 Å². The third-order valence-corrected chi connectivity index (χ3v) is 7.95. The van der Waals surface area contributed by atoms with Gasteiger partial charge >= 0.3 is 0 Å². The van der Waals surface area contributed by atoms with Crippen LogP contribution in [0, 0.1) is 22.7 Å². The summed E-state index contributed by atoms with van der Waals surface area (Å²) in [6.07, 6.45) is 13.3. The number of rotatable bonds is 3. The SMILES string of the molecule is C=C(CC)O[C@H]1CCC2C3CCC4=CC(=O)CC[C@]4(C)C3=CC[C@@]21C. The third-order valence-electron chi connectivity index (χ3n) is 7.95. The number of ketones is 1. The van der Waals surface area contributed by atoms with E-state index in [0.29, 0.717) is 24.2 Å². The van der Waals surface area contributed by atoms with E-state index in [4.69, 9.17) is 4.74 Å². The normalized spacial score (nSPS) is 42.7. The summed E-state index contributed by atoms with van der Waals surface area (Å²) in [7, 11) is 0. The molecule has 4 aliphatic carbocycles. The summed E-state index contributed by atoms with van der Waals surface area (Å²) in [5, 5.41) is 0. The van der Waals surface area contributed by atoms with E-state index in [0.717, 1.165) is 43.8 Å². The molecule has 2 nitrogen and oxygen atoms in total. The van der Waals surface area contributed by atoms with Crippen LogP contribution in [0.25, 0.3) is 0 Å². The minimum atomic E-state index is 0.143. The highest BCUT2D eigenvalue weighted by Crippen LogP contribution is 2.63. The van der Waals surface area contributed by atoms with Crippen LogP contribution < -0.4 is 0 Å². The zero-order valence-electron chi connectivity index (χ0n) is 16.1. The second-order valence-electron chi connectivity index (χ2n) is 9.17. The minimum Gasteiger partial charge on any atom is -0.495 e. The molecule has 0 bridgehead atoms. The lowest BCUT2D eigenvalue weighted by molar-refractivity contribution is -0.115. The molecule has 4 rings (SSSR count). The lowest BCUT2D eigenvalue weighted by Crippen LogP contribution is -2.46. The van der Waals surface area contributed by atoms with Crippen LogP contribution in [0.1, 0.15) is 72.1 Å². The molecule has 0 aromatic heterocycles. The molecule has 0 aromatic carbocycles. The quantitative estimate of drug-likeness (QED) is 0.483. The van der Waals surface area contributed by atoms with Crippen LogP contribution in [0.2, 0.25) is 0 Å². The van der Waals surface area contributed by atoms with Gasteiger partial charge in [-0.25, -0.2) is 0 Å². The molecule has 0 heterocycles. The molecule has 2 heteroatoms. The largest absolute Gasteiger partial charge is 0.495 e. The summed E-state index contributed by atoms with van der Waals surface area (Å²) in [6.45, 7) is 11.0. The average molecular weight is 341 g/mol. The second kappa shape index (κ2) is 5.86. The first-order valence-electron chi connectivity index (χ1n) is 10.2. The standard InChI is InChI=1S/C23H32O2/c1-5-15(2)25-21-9-8-19-18-7-6-16-14-17(24)10-12-22(16,3)20(18)11-13-23(19,21)4/h11,14,18-19,21H,2,5-10,12-13H2,1,3-4H3/t18?,19?,21-,22-,23-/m0/s1. The molecule has 4 aliphatic rings. The number of allylic oxidation sites excluding steroid dienone is 5. The molecule has 0 spiro atoms. The van der Waals surface area contributed by atoms with Crippen molar-refractivity contribution in [3.8, 4) is 0 Å². The Bertz CT molecular complexity index is 670. The van der Waals surface area contributed by atoms with Crippen molar-refractivity contribution >= 4 is 5.78 Å². The topological polar surface area (TPSA) is 26.3 Å². The molecule has 0 aromatic rings. The maximum Gasteiger partial charge on any atom is 0.155 e. The summed E-state index contributed by atoms with van der Waals surface area (Å²) >= 11 is 0. The maximum absolute atomic E-state index is 11.9. The fourth-order valence-corrected chi connectivity index (χ4v) is 6.29. The zero-order valence-corrected chi connectivity index (χ0v) is 16.1. The van der Waals surface area contributed by atoms with E-state index in [-0.39, 0.29) is 10.8 Å². The molecule has 25 heavy (non-hydrogen) atoms. The molecular formula is C23H32O2. The van der Waals surface area contributed by atoms with Gasteiger partial charge in [-0.15, -0.1) is 0 Å². The van der Waals surface area contributed by atoms with Crippen molar-refractivity contribution in [1.82, 2.24) is 0 Å². The van der Waals surface area contributed by atoms with Gasteiger partial charge < -0.3 is 4.74 Å². The van der Waals surface area contributed by atoms with Gasteiger partial charge in [0.25, 0.3) is 0 Å². The molecule has 5 atom stereocenters. The third kappa shape index (κ3) is 2.47.